The molecule has 0 aromatic heterocycles. The van der Waals surface area contributed by atoms with Crippen LogP contribution in [0.4, 0.5) is 0 Å². The van der Waals surface area contributed by atoms with Crippen molar-refractivity contribution < 1.29 is 14.7 Å². The summed E-state index contributed by atoms with van der Waals surface area (Å²) in [5.74, 6) is -1.38. The van der Waals surface area contributed by atoms with Gasteiger partial charge in [0.15, 0.2) is 0 Å². The maximum Gasteiger partial charge on any atom is 0.326 e. The summed E-state index contributed by atoms with van der Waals surface area (Å²) in [6.45, 7) is 1.45. The van der Waals surface area contributed by atoms with Crippen molar-refractivity contribution in [2.24, 2.45) is 0 Å². The molecule has 0 aliphatic carbocycles. The molecule has 0 saturated carbocycles. The molecule has 86 valence electrons. The molecule has 1 aromatic rings. The highest BCUT2D eigenvalue weighted by molar-refractivity contribution is 6.30. The molecule has 1 N–H and O–H groups in total. The molecule has 0 radical (unpaired) electrons. The van der Waals surface area contributed by atoms with E-state index in [1.807, 2.05) is 0 Å². The first-order valence-electron chi connectivity index (χ1n) is 4.69. The summed E-state index contributed by atoms with van der Waals surface area (Å²) in [6.07, 6.45) is 0. The van der Waals surface area contributed by atoms with E-state index in [9.17, 15) is 9.59 Å². The van der Waals surface area contributed by atoms with Crippen LogP contribution < -0.4 is 0 Å². The third-order valence-electron chi connectivity index (χ3n) is 2.35. The number of carbonyl (C=O) groups excluding carboxylic acids is 1. The zero-order valence-electron chi connectivity index (χ0n) is 8.98. The summed E-state index contributed by atoms with van der Waals surface area (Å²) in [4.78, 5) is 23.7. The van der Waals surface area contributed by atoms with E-state index in [-0.39, 0.29) is 5.91 Å². The minimum absolute atomic E-state index is 0.341. The Morgan fingerprint density at radius 1 is 1.31 bits per heavy atom. The van der Waals surface area contributed by atoms with Gasteiger partial charge in [0.2, 0.25) is 0 Å². The molecule has 0 saturated heterocycles. The van der Waals surface area contributed by atoms with E-state index in [0.717, 1.165) is 0 Å². The number of likely N-dealkylation sites (N-methyl/N-ethyl adjacent to an activating group) is 1. The summed E-state index contributed by atoms with van der Waals surface area (Å²) < 4.78 is 0. The third-order valence-corrected chi connectivity index (χ3v) is 2.60. The van der Waals surface area contributed by atoms with Gasteiger partial charge in [-0.1, -0.05) is 11.6 Å². The maximum atomic E-state index is 11.8. The number of amides is 1. The maximum absolute atomic E-state index is 11.8. The fraction of sp³-hybridized carbons (Fsp3) is 0.273. The van der Waals surface area contributed by atoms with Gasteiger partial charge < -0.3 is 10.0 Å². The SMILES string of the molecule is C[C@@H](C(=O)O)N(C)C(=O)c1ccc(Cl)cc1. The van der Waals surface area contributed by atoms with Crippen LogP contribution in [-0.4, -0.2) is 35.0 Å². The number of halogens is 1. The van der Waals surface area contributed by atoms with Gasteiger partial charge >= 0.3 is 5.97 Å². The van der Waals surface area contributed by atoms with Crippen LogP contribution in [0.15, 0.2) is 24.3 Å². The molecule has 0 aliphatic heterocycles. The average molecular weight is 242 g/mol. The molecule has 1 atom stereocenters. The van der Waals surface area contributed by atoms with Crippen molar-refractivity contribution >= 4 is 23.5 Å². The molecule has 0 heterocycles. The van der Waals surface area contributed by atoms with Crippen LogP contribution in [0.3, 0.4) is 0 Å². The Morgan fingerprint density at radius 2 is 1.81 bits per heavy atom. The Kier molecular flexibility index (Phi) is 3.90. The summed E-state index contributed by atoms with van der Waals surface area (Å²) in [5.41, 5.74) is 0.417. The quantitative estimate of drug-likeness (QED) is 0.879. The number of aliphatic carboxylic acids is 1. The van der Waals surface area contributed by atoms with E-state index in [0.29, 0.717) is 10.6 Å². The summed E-state index contributed by atoms with van der Waals surface area (Å²) in [5, 5.41) is 9.31. The Bertz CT molecular complexity index is 402. The third kappa shape index (κ3) is 2.73. The fourth-order valence-electron chi connectivity index (χ4n) is 1.14. The highest BCUT2D eigenvalue weighted by atomic mass is 35.5. The zero-order valence-corrected chi connectivity index (χ0v) is 9.73. The normalized spacial score (nSPS) is 11.9. The van der Waals surface area contributed by atoms with Crippen LogP contribution in [0, 0.1) is 0 Å². The Hall–Kier alpha value is -1.55. The number of hydrogen-bond acceptors (Lipinski definition) is 2. The Labute approximate surface area is 98.4 Å². The predicted octanol–water partition coefficient (Wildman–Crippen LogP) is 1.89. The van der Waals surface area contributed by atoms with Gasteiger partial charge in [0.25, 0.3) is 5.91 Å². The molecule has 0 bridgehead atoms. The predicted molar refractivity (Wildman–Crippen MR) is 60.6 cm³/mol. The lowest BCUT2D eigenvalue weighted by atomic mass is 10.2. The lowest BCUT2D eigenvalue weighted by Crippen LogP contribution is -2.40. The van der Waals surface area contributed by atoms with E-state index in [1.54, 1.807) is 24.3 Å². The number of nitrogens with zero attached hydrogens (tertiary/aromatic N) is 1. The summed E-state index contributed by atoms with van der Waals surface area (Å²) >= 11 is 5.69. The van der Waals surface area contributed by atoms with E-state index in [4.69, 9.17) is 16.7 Å². The fourth-order valence-corrected chi connectivity index (χ4v) is 1.26. The van der Waals surface area contributed by atoms with E-state index in [1.165, 1.54) is 18.9 Å². The molecule has 0 aliphatic rings. The molecule has 5 heteroatoms. The van der Waals surface area contributed by atoms with Gasteiger partial charge in [-0.25, -0.2) is 4.79 Å². The molecule has 0 unspecified atom stereocenters. The molecule has 1 amide bonds. The van der Waals surface area contributed by atoms with Crippen LogP contribution in [0.2, 0.25) is 5.02 Å². The van der Waals surface area contributed by atoms with Gasteiger partial charge in [-0.2, -0.15) is 0 Å². The van der Waals surface area contributed by atoms with Crippen LogP contribution in [-0.2, 0) is 4.79 Å². The number of hydrogen-bond donors (Lipinski definition) is 1. The van der Waals surface area contributed by atoms with Crippen molar-refractivity contribution in [2.45, 2.75) is 13.0 Å². The average Bonchev–Trinajstić information content (AvgIpc) is 2.27. The highest BCUT2D eigenvalue weighted by Crippen LogP contribution is 2.12. The van der Waals surface area contributed by atoms with Gasteiger partial charge in [0, 0.05) is 17.6 Å². The molecule has 0 spiro atoms. The smallest absolute Gasteiger partial charge is 0.326 e. The van der Waals surface area contributed by atoms with Gasteiger partial charge in [-0.05, 0) is 31.2 Å². The number of carboxylic acid groups (broad SMARTS) is 1. The molecule has 1 aromatic carbocycles. The second kappa shape index (κ2) is 4.99. The van der Waals surface area contributed by atoms with Crippen LogP contribution in [0.1, 0.15) is 17.3 Å². The van der Waals surface area contributed by atoms with Crippen LogP contribution >= 0.6 is 11.6 Å². The van der Waals surface area contributed by atoms with Gasteiger partial charge in [-0.3, -0.25) is 4.79 Å². The standard InChI is InChI=1S/C11H12ClNO3/c1-7(11(15)16)13(2)10(14)8-3-5-9(12)6-4-8/h3-7H,1-2H3,(H,15,16)/t7-/m0/s1. The molecular weight excluding hydrogens is 230 g/mol. The summed E-state index contributed by atoms with van der Waals surface area (Å²) in [7, 11) is 1.45. The van der Waals surface area contributed by atoms with Crippen molar-refractivity contribution in [3.8, 4) is 0 Å². The summed E-state index contributed by atoms with van der Waals surface area (Å²) in [6, 6.07) is 5.45. The van der Waals surface area contributed by atoms with E-state index >= 15 is 0 Å². The molecular formula is C11H12ClNO3. The van der Waals surface area contributed by atoms with Crippen molar-refractivity contribution in [2.75, 3.05) is 7.05 Å². The van der Waals surface area contributed by atoms with Crippen LogP contribution in [0.25, 0.3) is 0 Å². The molecule has 1 rings (SSSR count). The van der Waals surface area contributed by atoms with E-state index < -0.39 is 12.0 Å². The highest BCUT2D eigenvalue weighted by Gasteiger charge is 2.22. The number of carbonyl (C=O) groups is 2. The van der Waals surface area contributed by atoms with Crippen molar-refractivity contribution in [3.05, 3.63) is 34.9 Å². The molecule has 0 fully saturated rings. The van der Waals surface area contributed by atoms with Crippen molar-refractivity contribution in [3.63, 3.8) is 0 Å². The van der Waals surface area contributed by atoms with Gasteiger partial charge in [0.05, 0.1) is 0 Å². The second-order valence-electron chi connectivity index (χ2n) is 3.44. The number of benzene rings is 1. The van der Waals surface area contributed by atoms with Crippen LogP contribution in [0.5, 0.6) is 0 Å². The lowest BCUT2D eigenvalue weighted by molar-refractivity contribution is -0.141. The van der Waals surface area contributed by atoms with Gasteiger partial charge in [-0.15, -0.1) is 0 Å². The lowest BCUT2D eigenvalue weighted by Gasteiger charge is -2.21. The Balaban J connectivity index is 2.86. The minimum atomic E-state index is -1.04. The first kappa shape index (κ1) is 12.5. The number of carboxylic acids is 1. The number of rotatable bonds is 3. The van der Waals surface area contributed by atoms with Crippen molar-refractivity contribution in [1.82, 2.24) is 4.90 Å². The van der Waals surface area contributed by atoms with Gasteiger partial charge in [0.1, 0.15) is 6.04 Å². The monoisotopic (exact) mass is 241 g/mol. The van der Waals surface area contributed by atoms with E-state index in [2.05, 4.69) is 0 Å². The minimum Gasteiger partial charge on any atom is -0.480 e. The molecule has 16 heavy (non-hydrogen) atoms. The van der Waals surface area contributed by atoms with Crippen molar-refractivity contribution in [1.29, 1.82) is 0 Å². The first-order chi connectivity index (χ1) is 7.43. The zero-order chi connectivity index (χ0) is 12.3. The topological polar surface area (TPSA) is 57.6 Å². The largest absolute Gasteiger partial charge is 0.480 e. The second-order valence-corrected chi connectivity index (χ2v) is 3.87. The Morgan fingerprint density at radius 3 is 2.25 bits per heavy atom. The molecule has 4 nitrogen and oxygen atoms in total. The first-order valence-corrected chi connectivity index (χ1v) is 5.07.